The summed E-state index contributed by atoms with van der Waals surface area (Å²) in [7, 11) is 0. The lowest BCUT2D eigenvalue weighted by Crippen LogP contribution is -2.33. The largest absolute Gasteiger partial charge is 0.493 e. The number of rotatable bonds is 9. The van der Waals surface area contributed by atoms with Crippen LogP contribution in [-0.4, -0.2) is 39.5 Å². The number of ketones is 1. The molecular weight excluding hydrogens is 484 g/mol. The van der Waals surface area contributed by atoms with E-state index in [4.69, 9.17) is 4.74 Å². The predicted octanol–water partition coefficient (Wildman–Crippen LogP) is 6.34. The number of aryl methyl sites for hydroxylation is 2. The Labute approximate surface area is 219 Å². The number of imide groups is 1. The number of ether oxygens (including phenoxy) is 1. The maximum absolute atomic E-state index is 13.0. The number of benzene rings is 3. The fraction of sp³-hybridized carbons (Fsp3) is 0.167. The fourth-order valence-electron chi connectivity index (χ4n) is 4.35. The average molecular weight is 511 g/mol. The van der Waals surface area contributed by atoms with E-state index in [9.17, 15) is 14.4 Å². The first-order chi connectivity index (χ1) is 18.0. The fourth-order valence-corrected chi connectivity index (χ4v) is 5.18. The predicted molar refractivity (Wildman–Crippen MR) is 147 cm³/mol. The summed E-state index contributed by atoms with van der Waals surface area (Å²) in [5, 5.41) is 0.562. The standard InChI is InChI=1S/C30H26N2O4S/c1-21-10-5-8-15-27(21)36-17-9-16-31-19-23(24-13-6-7-14-25(24)31)18-28-29(34)32(30(35)37-28)20-26(33)22-11-3-2-4-12-22/h2-8,10-15,18-19H,9,16-17,20H2,1H3/b28-18-. The number of nitrogens with zero attached hydrogens (tertiary/aromatic N) is 2. The number of para-hydroxylation sites is 2. The van der Waals surface area contributed by atoms with E-state index >= 15 is 0 Å². The van der Waals surface area contributed by atoms with Crippen molar-refractivity contribution in [2.45, 2.75) is 19.9 Å². The van der Waals surface area contributed by atoms with Crippen molar-refractivity contribution in [1.29, 1.82) is 0 Å². The molecule has 2 heterocycles. The van der Waals surface area contributed by atoms with Gasteiger partial charge in [-0.05, 0) is 48.9 Å². The van der Waals surface area contributed by atoms with Crippen molar-refractivity contribution in [2.24, 2.45) is 0 Å². The Balaban J connectivity index is 1.31. The summed E-state index contributed by atoms with van der Waals surface area (Å²) >= 11 is 0.869. The molecule has 3 aromatic carbocycles. The molecule has 1 aliphatic rings. The van der Waals surface area contributed by atoms with Gasteiger partial charge in [-0.2, -0.15) is 0 Å². The van der Waals surface area contributed by atoms with Gasteiger partial charge in [-0.15, -0.1) is 0 Å². The molecule has 2 amide bonds. The van der Waals surface area contributed by atoms with E-state index in [0.717, 1.165) is 57.4 Å². The van der Waals surface area contributed by atoms with E-state index in [1.165, 1.54) is 0 Å². The zero-order chi connectivity index (χ0) is 25.8. The van der Waals surface area contributed by atoms with Gasteiger partial charge in [0.2, 0.25) is 0 Å². The molecule has 5 rings (SSSR count). The molecule has 1 fully saturated rings. The Hall–Kier alpha value is -4.10. The molecule has 37 heavy (non-hydrogen) atoms. The quantitative estimate of drug-likeness (QED) is 0.149. The van der Waals surface area contributed by atoms with Gasteiger partial charge in [0.15, 0.2) is 5.78 Å². The summed E-state index contributed by atoms with van der Waals surface area (Å²) in [5.74, 6) is 0.179. The lowest BCUT2D eigenvalue weighted by atomic mass is 10.1. The number of hydrogen-bond donors (Lipinski definition) is 0. The number of thioether (sulfide) groups is 1. The zero-order valence-electron chi connectivity index (χ0n) is 20.4. The first-order valence-corrected chi connectivity index (χ1v) is 12.9. The first kappa shape index (κ1) is 24.6. The molecular formula is C30H26N2O4S. The molecule has 4 aromatic rings. The highest BCUT2D eigenvalue weighted by Crippen LogP contribution is 2.34. The van der Waals surface area contributed by atoms with Crippen LogP contribution >= 0.6 is 11.8 Å². The molecule has 0 spiro atoms. The van der Waals surface area contributed by atoms with Gasteiger partial charge >= 0.3 is 0 Å². The topological polar surface area (TPSA) is 68.6 Å². The Morgan fingerprint density at radius 3 is 2.49 bits per heavy atom. The molecule has 1 saturated heterocycles. The summed E-state index contributed by atoms with van der Waals surface area (Å²) in [6, 6.07) is 24.6. The van der Waals surface area contributed by atoms with Gasteiger partial charge < -0.3 is 9.30 Å². The highest BCUT2D eigenvalue weighted by molar-refractivity contribution is 8.18. The summed E-state index contributed by atoms with van der Waals surface area (Å²) in [6.45, 7) is 3.09. The highest BCUT2D eigenvalue weighted by Gasteiger charge is 2.36. The van der Waals surface area contributed by atoms with E-state index in [-0.39, 0.29) is 12.3 Å². The van der Waals surface area contributed by atoms with Crippen LogP contribution in [-0.2, 0) is 11.3 Å². The molecule has 0 aliphatic carbocycles. The van der Waals surface area contributed by atoms with E-state index < -0.39 is 11.1 Å². The number of amides is 2. The Kier molecular flexibility index (Phi) is 7.23. The van der Waals surface area contributed by atoms with Crippen LogP contribution in [0.4, 0.5) is 4.79 Å². The van der Waals surface area contributed by atoms with Gasteiger partial charge in [0.05, 0.1) is 18.1 Å². The minimum atomic E-state index is -0.442. The molecule has 0 atom stereocenters. The lowest BCUT2D eigenvalue weighted by molar-refractivity contribution is -0.122. The third-order valence-electron chi connectivity index (χ3n) is 6.27. The van der Waals surface area contributed by atoms with Gasteiger partial charge in [-0.25, -0.2) is 0 Å². The Morgan fingerprint density at radius 2 is 1.68 bits per heavy atom. The van der Waals surface area contributed by atoms with Crippen LogP contribution in [0.25, 0.3) is 17.0 Å². The van der Waals surface area contributed by atoms with Gasteiger partial charge in [0.25, 0.3) is 11.1 Å². The molecule has 7 heteroatoms. The van der Waals surface area contributed by atoms with Crippen molar-refractivity contribution in [3.05, 3.63) is 107 Å². The van der Waals surface area contributed by atoms with Crippen LogP contribution in [0.5, 0.6) is 5.75 Å². The van der Waals surface area contributed by atoms with E-state index in [1.807, 2.05) is 67.7 Å². The van der Waals surface area contributed by atoms with Crippen LogP contribution < -0.4 is 4.74 Å². The smallest absolute Gasteiger partial charge is 0.293 e. The monoisotopic (exact) mass is 510 g/mol. The molecule has 0 unspecified atom stereocenters. The van der Waals surface area contributed by atoms with Crippen molar-refractivity contribution in [3.8, 4) is 5.75 Å². The van der Waals surface area contributed by atoms with Gasteiger partial charge in [-0.3, -0.25) is 19.3 Å². The lowest BCUT2D eigenvalue weighted by Gasteiger charge is -2.11. The summed E-state index contributed by atoms with van der Waals surface area (Å²) < 4.78 is 8.09. The normalized spacial score (nSPS) is 14.6. The second kappa shape index (κ2) is 10.9. The number of carbonyl (C=O) groups is 3. The van der Waals surface area contributed by atoms with Gasteiger partial charge in [0.1, 0.15) is 5.75 Å². The second-order valence-electron chi connectivity index (χ2n) is 8.82. The van der Waals surface area contributed by atoms with Gasteiger partial charge in [0, 0.05) is 34.8 Å². The molecule has 0 N–H and O–H groups in total. The van der Waals surface area contributed by atoms with Crippen molar-refractivity contribution >= 4 is 45.7 Å². The minimum absolute atomic E-state index is 0.269. The number of hydrogen-bond acceptors (Lipinski definition) is 5. The first-order valence-electron chi connectivity index (χ1n) is 12.1. The molecule has 6 nitrogen and oxygen atoms in total. The number of fused-ring (bicyclic) bond motifs is 1. The van der Waals surface area contributed by atoms with Crippen LogP contribution in [0.2, 0.25) is 0 Å². The van der Waals surface area contributed by atoms with E-state index in [2.05, 4.69) is 4.57 Å². The Bertz CT molecular complexity index is 1510. The van der Waals surface area contributed by atoms with Gasteiger partial charge in [-0.1, -0.05) is 66.7 Å². The van der Waals surface area contributed by atoms with E-state index in [1.54, 1.807) is 30.3 Å². The van der Waals surface area contributed by atoms with Crippen molar-refractivity contribution in [3.63, 3.8) is 0 Å². The van der Waals surface area contributed by atoms with Crippen LogP contribution in [0.3, 0.4) is 0 Å². The summed E-state index contributed by atoms with van der Waals surface area (Å²) in [6.07, 6.45) is 4.56. The van der Waals surface area contributed by atoms with Crippen LogP contribution in [0.1, 0.15) is 27.9 Å². The molecule has 1 aromatic heterocycles. The molecule has 0 saturated carbocycles. The summed E-state index contributed by atoms with van der Waals surface area (Å²) in [5.41, 5.74) is 3.48. The van der Waals surface area contributed by atoms with Crippen molar-refractivity contribution in [1.82, 2.24) is 9.47 Å². The van der Waals surface area contributed by atoms with E-state index in [0.29, 0.717) is 17.1 Å². The third-order valence-corrected chi connectivity index (χ3v) is 7.18. The average Bonchev–Trinajstić information content (AvgIpc) is 3.40. The zero-order valence-corrected chi connectivity index (χ0v) is 21.2. The molecule has 1 aliphatic heterocycles. The molecule has 186 valence electrons. The number of carbonyl (C=O) groups excluding carboxylic acids is 3. The number of Topliss-reactive ketones (excluding diaryl/α,β-unsaturated/α-hetero) is 1. The van der Waals surface area contributed by atoms with Crippen molar-refractivity contribution < 1.29 is 19.1 Å². The third kappa shape index (κ3) is 5.37. The van der Waals surface area contributed by atoms with Crippen LogP contribution in [0, 0.1) is 6.92 Å². The maximum atomic E-state index is 13.0. The van der Waals surface area contributed by atoms with Crippen LogP contribution in [0.15, 0.2) is 90.0 Å². The second-order valence-corrected chi connectivity index (χ2v) is 9.81. The maximum Gasteiger partial charge on any atom is 0.293 e. The minimum Gasteiger partial charge on any atom is -0.493 e. The summed E-state index contributed by atoms with van der Waals surface area (Å²) in [4.78, 5) is 39.6. The highest BCUT2D eigenvalue weighted by atomic mass is 32.2. The van der Waals surface area contributed by atoms with Crippen molar-refractivity contribution in [2.75, 3.05) is 13.2 Å². The Morgan fingerprint density at radius 1 is 0.946 bits per heavy atom. The molecule has 0 radical (unpaired) electrons. The SMILES string of the molecule is Cc1ccccc1OCCCn1cc(/C=C2\SC(=O)N(CC(=O)c3ccccc3)C2=O)c2ccccc21. The number of aromatic nitrogens is 1. The molecule has 0 bridgehead atoms.